The highest BCUT2D eigenvalue weighted by atomic mass is 16.7. The molecule has 4 aliphatic rings. The zero-order valence-corrected chi connectivity index (χ0v) is 13.1. The fraction of sp³-hybridized carbons (Fsp3) is 0.263. The molecule has 0 saturated heterocycles. The topological polar surface area (TPSA) is 41.4 Å². The maximum absolute atomic E-state index is 5.71. The summed E-state index contributed by atoms with van der Waals surface area (Å²) < 4.78 is 22.3. The van der Waals surface area contributed by atoms with Crippen molar-refractivity contribution in [2.75, 3.05) is 20.1 Å². The van der Waals surface area contributed by atoms with Crippen LogP contribution >= 0.6 is 0 Å². The van der Waals surface area contributed by atoms with Gasteiger partial charge >= 0.3 is 0 Å². The highest BCUT2D eigenvalue weighted by molar-refractivity contribution is 5.83. The normalized spacial score (nSPS) is 21.7. The maximum atomic E-state index is 5.71. The molecule has 0 aliphatic carbocycles. The highest BCUT2D eigenvalue weighted by Gasteiger charge is 2.34. The van der Waals surface area contributed by atoms with Gasteiger partial charge < -0.3 is 18.9 Å². The first-order valence-corrected chi connectivity index (χ1v) is 8.28. The Balaban J connectivity index is 1.53. The molecule has 4 heterocycles. The predicted molar refractivity (Wildman–Crippen MR) is 86.2 cm³/mol. The summed E-state index contributed by atoms with van der Waals surface area (Å²) in [6.45, 7) is 2.65. The quantitative estimate of drug-likeness (QED) is 0.800. The van der Waals surface area contributed by atoms with E-state index in [4.69, 9.17) is 18.9 Å². The van der Waals surface area contributed by atoms with E-state index in [2.05, 4.69) is 24.3 Å². The van der Waals surface area contributed by atoms with E-state index in [1.807, 2.05) is 6.07 Å². The van der Waals surface area contributed by atoms with Crippen molar-refractivity contribution in [3.05, 3.63) is 46.5 Å². The molecule has 0 spiro atoms. The molecule has 2 aromatic carbocycles. The van der Waals surface area contributed by atoms with E-state index < -0.39 is 0 Å². The molecule has 120 valence electrons. The largest absolute Gasteiger partial charge is 0.454 e. The van der Waals surface area contributed by atoms with E-state index in [1.165, 1.54) is 32.9 Å². The lowest BCUT2D eigenvalue weighted by Gasteiger charge is -2.32. The van der Waals surface area contributed by atoms with E-state index in [1.54, 1.807) is 0 Å². The third-order valence-corrected chi connectivity index (χ3v) is 5.33. The van der Waals surface area contributed by atoms with E-state index >= 15 is 0 Å². The molecular weight excluding hydrogens is 306 g/mol. The van der Waals surface area contributed by atoms with Crippen molar-refractivity contribution in [2.45, 2.75) is 13.0 Å². The number of quaternary nitrogens is 1. The summed E-state index contributed by atoms with van der Waals surface area (Å²) in [6, 6.07) is 8.42. The summed E-state index contributed by atoms with van der Waals surface area (Å²) in [5.74, 6) is 3.52. The van der Waals surface area contributed by atoms with Crippen molar-refractivity contribution in [3.8, 4) is 23.0 Å². The number of benzene rings is 2. The molecule has 0 aromatic heterocycles. The molecule has 1 atom stereocenters. The molecule has 0 amide bonds. The Kier molecular flexibility index (Phi) is 2.36. The molecule has 2 aromatic rings. The van der Waals surface area contributed by atoms with Crippen LogP contribution < -0.4 is 23.8 Å². The van der Waals surface area contributed by atoms with Gasteiger partial charge in [0, 0.05) is 18.1 Å². The zero-order chi connectivity index (χ0) is 15.7. The molecule has 0 saturated carbocycles. The summed E-state index contributed by atoms with van der Waals surface area (Å²) >= 11 is 0. The molecular formula is C19H16NO4+. The van der Waals surface area contributed by atoms with Gasteiger partial charge in [0.1, 0.15) is 12.2 Å². The van der Waals surface area contributed by atoms with Gasteiger partial charge in [-0.1, -0.05) is 6.07 Å². The Bertz CT molecular complexity index is 918. The average Bonchev–Trinajstić information content (AvgIpc) is 3.26. The molecule has 0 bridgehead atoms. The first-order chi connectivity index (χ1) is 11.9. The predicted octanol–water partition coefficient (Wildman–Crippen LogP) is 1.60. The van der Waals surface area contributed by atoms with Crippen LogP contribution in [0.1, 0.15) is 22.3 Å². The summed E-state index contributed by atoms with van der Waals surface area (Å²) in [5, 5.41) is 0. The third kappa shape index (κ3) is 1.62. The Morgan fingerprint density at radius 2 is 1.71 bits per heavy atom. The van der Waals surface area contributed by atoms with Crippen LogP contribution in [0.25, 0.3) is 11.8 Å². The number of hydrogen-bond acceptors (Lipinski definition) is 4. The Hall–Kier alpha value is -2.66. The van der Waals surface area contributed by atoms with Crippen molar-refractivity contribution >= 4 is 11.8 Å². The van der Waals surface area contributed by atoms with Crippen LogP contribution in [0.5, 0.6) is 23.0 Å². The van der Waals surface area contributed by atoms with E-state index in [-0.39, 0.29) is 0 Å². The van der Waals surface area contributed by atoms with Crippen LogP contribution in [0.3, 0.4) is 0 Å². The number of fused-ring (bicyclic) bond motifs is 7. The van der Waals surface area contributed by atoms with Crippen LogP contribution in [0.4, 0.5) is 0 Å². The van der Waals surface area contributed by atoms with Gasteiger partial charge in [-0.05, 0) is 29.3 Å². The zero-order valence-electron chi connectivity index (χ0n) is 13.1. The number of ether oxygens (including phenoxy) is 4. The van der Waals surface area contributed by atoms with Gasteiger partial charge in [-0.2, -0.15) is 0 Å². The molecule has 24 heavy (non-hydrogen) atoms. The number of hydrogen-bond donors (Lipinski definition) is 1. The van der Waals surface area contributed by atoms with Crippen molar-refractivity contribution in [1.82, 2.24) is 0 Å². The van der Waals surface area contributed by atoms with Crippen molar-refractivity contribution < 1.29 is 23.8 Å². The standard InChI is InChI=1S/C19H15NO4/c1-2-16-19(24-10-21-16)14-8-20-4-3-12-6-17-18(23-9-22-17)7-13(12)15(20)5-11(1)14/h1-2,5-7H,3-4,8-10H2/p+1. The van der Waals surface area contributed by atoms with Crippen LogP contribution in [-0.4, -0.2) is 20.1 Å². The molecule has 5 heteroatoms. The van der Waals surface area contributed by atoms with Crippen LogP contribution in [0.15, 0.2) is 24.3 Å². The van der Waals surface area contributed by atoms with Crippen molar-refractivity contribution in [1.29, 1.82) is 0 Å². The third-order valence-electron chi connectivity index (χ3n) is 5.33. The molecule has 0 radical (unpaired) electrons. The van der Waals surface area contributed by atoms with Gasteiger partial charge in [-0.15, -0.1) is 0 Å². The SMILES string of the molecule is C1=C2c3cc4c(cc3CC[NH+]2Cc2c1ccc1c2OCO1)OCO4. The van der Waals surface area contributed by atoms with Crippen LogP contribution in [0.2, 0.25) is 0 Å². The molecule has 6 rings (SSSR count). The second-order valence-electron chi connectivity index (χ2n) is 6.57. The fourth-order valence-corrected chi connectivity index (χ4v) is 4.15. The lowest BCUT2D eigenvalue weighted by Crippen LogP contribution is -3.09. The monoisotopic (exact) mass is 322 g/mol. The van der Waals surface area contributed by atoms with E-state index in [0.29, 0.717) is 13.6 Å². The van der Waals surface area contributed by atoms with Gasteiger partial charge in [-0.25, -0.2) is 0 Å². The number of nitrogens with one attached hydrogen (secondary N) is 1. The summed E-state index contributed by atoms with van der Waals surface area (Å²) in [6.07, 6.45) is 3.33. The van der Waals surface area contributed by atoms with Crippen LogP contribution in [-0.2, 0) is 13.0 Å². The minimum atomic E-state index is 0.320. The molecule has 5 nitrogen and oxygen atoms in total. The van der Waals surface area contributed by atoms with Gasteiger partial charge in [-0.3, -0.25) is 4.90 Å². The molecule has 0 fully saturated rings. The minimum Gasteiger partial charge on any atom is -0.454 e. The Labute approximate surface area is 139 Å². The highest BCUT2D eigenvalue weighted by Crippen LogP contribution is 2.42. The van der Waals surface area contributed by atoms with E-state index in [9.17, 15) is 0 Å². The second kappa shape index (κ2) is 4.45. The van der Waals surface area contributed by atoms with Gasteiger partial charge in [0.15, 0.2) is 23.0 Å². The lowest BCUT2D eigenvalue weighted by molar-refractivity contribution is -0.841. The number of rotatable bonds is 0. The molecule has 1 unspecified atom stereocenters. The Morgan fingerprint density at radius 1 is 0.875 bits per heavy atom. The van der Waals surface area contributed by atoms with Crippen molar-refractivity contribution in [2.24, 2.45) is 0 Å². The first-order valence-electron chi connectivity index (χ1n) is 8.28. The minimum absolute atomic E-state index is 0.320. The fourth-order valence-electron chi connectivity index (χ4n) is 4.15. The summed E-state index contributed by atoms with van der Waals surface area (Å²) in [5.41, 5.74) is 6.44. The Morgan fingerprint density at radius 3 is 2.67 bits per heavy atom. The van der Waals surface area contributed by atoms with Gasteiger partial charge in [0.2, 0.25) is 13.6 Å². The maximum Gasteiger partial charge on any atom is 0.231 e. The smallest absolute Gasteiger partial charge is 0.231 e. The van der Waals surface area contributed by atoms with Gasteiger partial charge in [0.25, 0.3) is 0 Å². The lowest BCUT2D eigenvalue weighted by atomic mass is 9.90. The van der Waals surface area contributed by atoms with E-state index in [0.717, 1.165) is 42.5 Å². The average molecular weight is 322 g/mol. The van der Waals surface area contributed by atoms with Crippen LogP contribution in [0, 0.1) is 0 Å². The van der Waals surface area contributed by atoms with Gasteiger partial charge in [0.05, 0.1) is 12.1 Å². The molecule has 4 aliphatic heterocycles. The second-order valence-corrected chi connectivity index (χ2v) is 6.57. The first kappa shape index (κ1) is 12.7. The summed E-state index contributed by atoms with van der Waals surface area (Å²) in [7, 11) is 0. The van der Waals surface area contributed by atoms with Crippen molar-refractivity contribution in [3.63, 3.8) is 0 Å². The molecule has 1 N–H and O–H groups in total. The summed E-state index contributed by atoms with van der Waals surface area (Å²) in [4.78, 5) is 1.47.